The Balaban J connectivity index is 0.00000192. The first-order valence-electron chi connectivity index (χ1n) is 8.56. The second-order valence-corrected chi connectivity index (χ2v) is 7.96. The molecular formula is C17H29IN4S. The van der Waals surface area contributed by atoms with Crippen LogP contribution in [0.3, 0.4) is 0 Å². The lowest BCUT2D eigenvalue weighted by Gasteiger charge is -2.22. The topological polar surface area (TPSA) is 40.5 Å². The van der Waals surface area contributed by atoms with Crippen molar-refractivity contribution in [2.24, 2.45) is 16.8 Å². The molecule has 23 heavy (non-hydrogen) atoms. The van der Waals surface area contributed by atoms with Crippen molar-refractivity contribution in [1.29, 1.82) is 0 Å². The molecule has 1 aliphatic heterocycles. The third-order valence-electron chi connectivity index (χ3n) is 5.12. The van der Waals surface area contributed by atoms with E-state index < -0.39 is 0 Å². The average Bonchev–Trinajstić information content (AvgIpc) is 3.06. The van der Waals surface area contributed by atoms with Gasteiger partial charge in [0.2, 0.25) is 0 Å². The number of hydrogen-bond acceptors (Lipinski definition) is 3. The van der Waals surface area contributed by atoms with Gasteiger partial charge in [0.25, 0.3) is 0 Å². The van der Waals surface area contributed by atoms with Crippen LogP contribution in [0.25, 0.3) is 0 Å². The Hall–Kier alpha value is -0.370. The van der Waals surface area contributed by atoms with Crippen molar-refractivity contribution >= 4 is 41.3 Å². The maximum Gasteiger partial charge on any atom is 0.193 e. The molecule has 2 atom stereocenters. The maximum absolute atomic E-state index is 4.51. The van der Waals surface area contributed by atoms with Crippen LogP contribution in [-0.4, -0.2) is 42.5 Å². The molecule has 130 valence electrons. The number of aryl methyl sites for hydroxylation is 2. The van der Waals surface area contributed by atoms with E-state index in [1.165, 1.54) is 54.4 Å². The van der Waals surface area contributed by atoms with E-state index in [0.717, 1.165) is 30.8 Å². The van der Waals surface area contributed by atoms with E-state index >= 15 is 0 Å². The predicted octanol–water partition coefficient (Wildman–Crippen LogP) is 3.62. The quantitative estimate of drug-likeness (QED) is 0.436. The smallest absolute Gasteiger partial charge is 0.193 e. The number of thiazole rings is 1. The normalized spacial score (nSPS) is 24.3. The number of guanidine groups is 1. The molecule has 1 saturated carbocycles. The fourth-order valence-electron chi connectivity index (χ4n) is 4.00. The average molecular weight is 448 g/mol. The second kappa shape index (κ2) is 8.65. The van der Waals surface area contributed by atoms with E-state index in [0.29, 0.717) is 0 Å². The molecule has 0 aromatic carbocycles. The molecule has 1 aromatic heterocycles. The van der Waals surface area contributed by atoms with Crippen molar-refractivity contribution in [2.45, 2.75) is 46.0 Å². The van der Waals surface area contributed by atoms with Gasteiger partial charge < -0.3 is 10.2 Å². The minimum absolute atomic E-state index is 0. The summed E-state index contributed by atoms with van der Waals surface area (Å²) in [5, 5.41) is 4.73. The van der Waals surface area contributed by atoms with Crippen molar-refractivity contribution < 1.29 is 0 Å². The minimum Gasteiger partial charge on any atom is -0.356 e. The Morgan fingerprint density at radius 1 is 1.26 bits per heavy atom. The van der Waals surface area contributed by atoms with Crippen molar-refractivity contribution in [1.82, 2.24) is 15.2 Å². The van der Waals surface area contributed by atoms with Gasteiger partial charge in [-0.1, -0.05) is 12.8 Å². The molecule has 2 unspecified atom stereocenters. The Morgan fingerprint density at radius 3 is 2.43 bits per heavy atom. The van der Waals surface area contributed by atoms with Gasteiger partial charge in [-0.2, -0.15) is 0 Å². The highest BCUT2D eigenvalue weighted by Crippen LogP contribution is 2.35. The summed E-state index contributed by atoms with van der Waals surface area (Å²) in [4.78, 5) is 12.9. The Morgan fingerprint density at radius 2 is 1.91 bits per heavy atom. The number of nitrogens with zero attached hydrogens (tertiary/aromatic N) is 3. The molecule has 1 aromatic rings. The molecule has 0 amide bonds. The predicted molar refractivity (Wildman–Crippen MR) is 109 cm³/mol. The van der Waals surface area contributed by atoms with E-state index in [9.17, 15) is 0 Å². The van der Waals surface area contributed by atoms with Gasteiger partial charge >= 0.3 is 0 Å². The summed E-state index contributed by atoms with van der Waals surface area (Å²) < 4.78 is 0. The molecule has 0 bridgehead atoms. The number of nitrogens with one attached hydrogen (secondary N) is 1. The van der Waals surface area contributed by atoms with Gasteiger partial charge in [-0.25, -0.2) is 4.98 Å². The molecular weight excluding hydrogens is 419 g/mol. The van der Waals surface area contributed by atoms with Gasteiger partial charge in [0.05, 0.1) is 10.7 Å². The summed E-state index contributed by atoms with van der Waals surface area (Å²) in [6.45, 7) is 7.53. The summed E-state index contributed by atoms with van der Waals surface area (Å²) in [5.74, 6) is 2.89. The van der Waals surface area contributed by atoms with Crippen molar-refractivity contribution in [3.05, 3.63) is 15.6 Å². The highest BCUT2D eigenvalue weighted by Gasteiger charge is 2.35. The number of rotatable bonds is 3. The maximum atomic E-state index is 4.51. The number of aliphatic imine (C=N–C) groups is 1. The number of fused-ring (bicyclic) bond motifs is 1. The first kappa shape index (κ1) is 19.0. The number of halogens is 1. The monoisotopic (exact) mass is 448 g/mol. The van der Waals surface area contributed by atoms with Gasteiger partial charge in [0.1, 0.15) is 0 Å². The molecule has 2 heterocycles. The van der Waals surface area contributed by atoms with Crippen LogP contribution < -0.4 is 5.32 Å². The molecule has 1 N–H and O–H groups in total. The van der Waals surface area contributed by atoms with Crippen molar-refractivity contribution in [3.8, 4) is 0 Å². The first-order chi connectivity index (χ1) is 10.7. The van der Waals surface area contributed by atoms with Crippen LogP contribution in [0.5, 0.6) is 0 Å². The summed E-state index contributed by atoms with van der Waals surface area (Å²) >= 11 is 1.82. The van der Waals surface area contributed by atoms with E-state index in [1.54, 1.807) is 0 Å². The number of likely N-dealkylation sites (tertiary alicyclic amines) is 1. The minimum atomic E-state index is 0. The fraction of sp³-hybridized carbons (Fsp3) is 0.765. The Kier molecular flexibility index (Phi) is 7.13. The third-order valence-corrected chi connectivity index (χ3v) is 6.26. The molecule has 0 radical (unpaired) electrons. The van der Waals surface area contributed by atoms with Crippen LogP contribution in [0, 0.1) is 25.7 Å². The zero-order valence-corrected chi connectivity index (χ0v) is 17.6. The molecule has 3 rings (SSSR count). The van der Waals surface area contributed by atoms with Gasteiger partial charge in [-0.05, 0) is 38.5 Å². The van der Waals surface area contributed by atoms with Gasteiger partial charge in [-0.15, -0.1) is 35.3 Å². The summed E-state index contributed by atoms with van der Waals surface area (Å²) in [5.41, 5.74) is 1.19. The van der Waals surface area contributed by atoms with Crippen LogP contribution in [0.2, 0.25) is 0 Å². The SMILES string of the molecule is CN=C(NCCc1sc(C)nc1C)N1CC2CCCCC2C1.I. The molecule has 1 saturated heterocycles. The zero-order valence-electron chi connectivity index (χ0n) is 14.5. The highest BCUT2D eigenvalue weighted by atomic mass is 127. The van der Waals surface area contributed by atoms with Crippen molar-refractivity contribution in [2.75, 3.05) is 26.7 Å². The van der Waals surface area contributed by atoms with E-state index in [-0.39, 0.29) is 24.0 Å². The summed E-state index contributed by atoms with van der Waals surface area (Å²) in [6.07, 6.45) is 6.71. The van der Waals surface area contributed by atoms with E-state index in [2.05, 4.69) is 34.0 Å². The Labute approximate surface area is 161 Å². The molecule has 1 aliphatic carbocycles. The van der Waals surface area contributed by atoms with Crippen LogP contribution in [-0.2, 0) is 6.42 Å². The largest absolute Gasteiger partial charge is 0.356 e. The summed E-state index contributed by atoms with van der Waals surface area (Å²) in [7, 11) is 1.91. The number of hydrogen-bond donors (Lipinski definition) is 1. The highest BCUT2D eigenvalue weighted by molar-refractivity contribution is 14.0. The summed E-state index contributed by atoms with van der Waals surface area (Å²) in [6, 6.07) is 0. The zero-order chi connectivity index (χ0) is 15.5. The lowest BCUT2D eigenvalue weighted by molar-refractivity contribution is 0.299. The lowest BCUT2D eigenvalue weighted by atomic mass is 9.82. The van der Waals surface area contributed by atoms with Gasteiger partial charge in [0, 0.05) is 38.0 Å². The van der Waals surface area contributed by atoms with E-state index in [4.69, 9.17) is 0 Å². The first-order valence-corrected chi connectivity index (χ1v) is 9.37. The molecule has 4 nitrogen and oxygen atoms in total. The molecule has 2 aliphatic rings. The van der Waals surface area contributed by atoms with Crippen LogP contribution >= 0.6 is 35.3 Å². The fourth-order valence-corrected chi connectivity index (χ4v) is 4.94. The van der Waals surface area contributed by atoms with Gasteiger partial charge in [0.15, 0.2) is 5.96 Å². The standard InChI is InChI=1S/C17H28N4S.HI/c1-12-16(22-13(2)20-12)8-9-19-17(18-3)21-10-14-6-4-5-7-15(14)11-21;/h14-15H,4-11H2,1-3H3,(H,18,19);1H. The lowest BCUT2D eigenvalue weighted by Crippen LogP contribution is -2.41. The molecule has 0 spiro atoms. The molecule has 6 heteroatoms. The van der Waals surface area contributed by atoms with Crippen LogP contribution in [0.15, 0.2) is 4.99 Å². The van der Waals surface area contributed by atoms with Crippen LogP contribution in [0.1, 0.15) is 41.3 Å². The third kappa shape index (κ3) is 4.59. The van der Waals surface area contributed by atoms with Crippen LogP contribution in [0.4, 0.5) is 0 Å². The Bertz CT molecular complexity index is 529. The second-order valence-electron chi connectivity index (χ2n) is 6.68. The number of aromatic nitrogens is 1. The van der Waals surface area contributed by atoms with E-state index in [1.807, 2.05) is 18.4 Å². The molecule has 2 fully saturated rings. The van der Waals surface area contributed by atoms with Crippen molar-refractivity contribution in [3.63, 3.8) is 0 Å². The van der Waals surface area contributed by atoms with Gasteiger partial charge in [-0.3, -0.25) is 4.99 Å².